The Balaban J connectivity index is 2.67. The molecule has 1 aliphatic rings. The molecule has 0 aromatic heterocycles. The van der Waals surface area contributed by atoms with Gasteiger partial charge in [-0.3, -0.25) is 4.99 Å². The second kappa shape index (κ2) is 5.77. The first-order valence-corrected chi connectivity index (χ1v) is 9.42. The lowest BCUT2D eigenvalue weighted by molar-refractivity contribution is 0.263. The highest BCUT2D eigenvalue weighted by Gasteiger charge is 2.49. The highest BCUT2D eigenvalue weighted by Crippen LogP contribution is 2.42. The monoisotopic (exact) mass is 412 g/mol. The quantitative estimate of drug-likeness (QED) is 0.775. The Morgan fingerprint density at radius 2 is 1.96 bits per heavy atom. The lowest BCUT2D eigenvalue weighted by Gasteiger charge is -2.39. The van der Waals surface area contributed by atoms with E-state index in [0.29, 0.717) is 0 Å². The number of benzene rings is 1. The van der Waals surface area contributed by atoms with Crippen molar-refractivity contribution in [3.8, 4) is 0 Å². The zero-order valence-corrected chi connectivity index (χ0v) is 14.9. The number of rotatable bonds is 3. The molecule has 0 saturated carbocycles. The Hall–Kier alpha value is -1.09. The maximum absolute atomic E-state index is 14.2. The fourth-order valence-corrected chi connectivity index (χ4v) is 3.94. The number of nitrogens with two attached hydrogens (primary N) is 1. The van der Waals surface area contributed by atoms with Gasteiger partial charge < -0.3 is 5.73 Å². The number of nitrogens with zero attached hydrogens (tertiary/aromatic N) is 1. The molecule has 0 saturated heterocycles. The van der Waals surface area contributed by atoms with E-state index in [1.54, 1.807) is 0 Å². The number of aliphatic imine (C=N–C) groups is 1. The molecule has 1 aliphatic heterocycles. The van der Waals surface area contributed by atoms with Crippen molar-refractivity contribution < 1.29 is 21.6 Å². The molecule has 0 aliphatic carbocycles. The van der Waals surface area contributed by atoms with Gasteiger partial charge in [0.25, 0.3) is 0 Å². The van der Waals surface area contributed by atoms with Gasteiger partial charge >= 0.3 is 0 Å². The SMILES string of the molecule is C[C@@]1(S(C)(=O)=O)CC[C@@](CF)(c2cc(Br)cc(F)c2F)N=C1N. The van der Waals surface area contributed by atoms with Gasteiger partial charge in [0, 0.05) is 16.3 Å². The van der Waals surface area contributed by atoms with Gasteiger partial charge in [0.15, 0.2) is 21.5 Å². The first-order chi connectivity index (χ1) is 10.5. The molecule has 0 fully saturated rings. The molecule has 2 N–H and O–H groups in total. The van der Waals surface area contributed by atoms with E-state index in [-0.39, 0.29) is 28.7 Å². The largest absolute Gasteiger partial charge is 0.386 e. The standard InChI is InChI=1S/C14H16BrF3N2O2S/c1-13(23(2,21)22)3-4-14(7-16,20-12(13)19)9-5-8(15)6-10(17)11(9)18/h5-6H,3-4,7H2,1-2H3,(H2,19,20)/t13-,14-/m1/s1. The second-order valence-electron chi connectivity index (χ2n) is 5.91. The van der Waals surface area contributed by atoms with Crippen LogP contribution in [0.25, 0.3) is 0 Å². The van der Waals surface area contributed by atoms with Gasteiger partial charge in [-0.2, -0.15) is 0 Å². The predicted octanol–water partition coefficient (Wildman–Crippen LogP) is 2.85. The van der Waals surface area contributed by atoms with E-state index < -0.39 is 38.4 Å². The number of sulfone groups is 1. The summed E-state index contributed by atoms with van der Waals surface area (Å²) in [6.07, 6.45) is 0.858. The van der Waals surface area contributed by atoms with E-state index >= 15 is 0 Å². The van der Waals surface area contributed by atoms with Crippen LogP contribution < -0.4 is 5.73 Å². The van der Waals surface area contributed by atoms with Crippen molar-refractivity contribution in [3.63, 3.8) is 0 Å². The van der Waals surface area contributed by atoms with Gasteiger partial charge in [0.1, 0.15) is 22.8 Å². The first-order valence-electron chi connectivity index (χ1n) is 6.73. The van der Waals surface area contributed by atoms with Crippen LogP contribution in [-0.2, 0) is 15.4 Å². The maximum atomic E-state index is 14.2. The Kier molecular flexibility index (Phi) is 4.58. The summed E-state index contributed by atoms with van der Waals surface area (Å²) in [6, 6.07) is 2.15. The average molecular weight is 413 g/mol. The molecule has 4 nitrogen and oxygen atoms in total. The molecule has 128 valence electrons. The van der Waals surface area contributed by atoms with E-state index in [4.69, 9.17) is 5.73 Å². The normalized spacial score (nSPS) is 28.5. The molecule has 1 heterocycles. The van der Waals surface area contributed by atoms with Gasteiger partial charge in [-0.05, 0) is 31.9 Å². The third kappa shape index (κ3) is 2.88. The summed E-state index contributed by atoms with van der Waals surface area (Å²) in [5.41, 5.74) is 3.77. The highest BCUT2D eigenvalue weighted by atomic mass is 79.9. The van der Waals surface area contributed by atoms with Crippen LogP contribution in [-0.4, -0.2) is 31.9 Å². The Labute approximate surface area is 141 Å². The predicted molar refractivity (Wildman–Crippen MR) is 85.8 cm³/mol. The number of hydrogen-bond acceptors (Lipinski definition) is 4. The molecule has 9 heteroatoms. The average Bonchev–Trinajstić information content (AvgIpc) is 2.45. The van der Waals surface area contributed by atoms with Crippen molar-refractivity contribution in [1.29, 1.82) is 0 Å². The van der Waals surface area contributed by atoms with Gasteiger partial charge in [0.05, 0.1) is 0 Å². The van der Waals surface area contributed by atoms with Crippen LogP contribution in [0, 0.1) is 11.6 Å². The molecule has 0 bridgehead atoms. The smallest absolute Gasteiger partial charge is 0.164 e. The van der Waals surface area contributed by atoms with Crippen LogP contribution in [0.3, 0.4) is 0 Å². The molecule has 1 aromatic rings. The van der Waals surface area contributed by atoms with Crippen molar-refractivity contribution in [2.75, 3.05) is 12.9 Å². The number of alkyl halides is 1. The fraction of sp³-hybridized carbons (Fsp3) is 0.500. The van der Waals surface area contributed by atoms with E-state index in [1.807, 2.05) is 0 Å². The van der Waals surface area contributed by atoms with Crippen LogP contribution in [0.2, 0.25) is 0 Å². The zero-order valence-electron chi connectivity index (χ0n) is 12.5. The summed E-state index contributed by atoms with van der Waals surface area (Å²) in [7, 11) is -3.60. The third-order valence-electron chi connectivity index (χ3n) is 4.43. The Morgan fingerprint density at radius 3 is 2.43 bits per heavy atom. The maximum Gasteiger partial charge on any atom is 0.164 e. The van der Waals surface area contributed by atoms with Crippen LogP contribution in [0.5, 0.6) is 0 Å². The summed E-state index contributed by atoms with van der Waals surface area (Å²) in [6.45, 7) is 0.265. The number of halogens is 4. The number of hydrogen-bond donors (Lipinski definition) is 1. The molecule has 0 radical (unpaired) electrons. The molecule has 23 heavy (non-hydrogen) atoms. The minimum Gasteiger partial charge on any atom is -0.386 e. The van der Waals surface area contributed by atoms with Crippen molar-refractivity contribution in [2.24, 2.45) is 10.7 Å². The Morgan fingerprint density at radius 1 is 1.35 bits per heavy atom. The van der Waals surface area contributed by atoms with Gasteiger partial charge in [0.2, 0.25) is 0 Å². The van der Waals surface area contributed by atoms with Crippen molar-refractivity contribution in [3.05, 3.63) is 33.8 Å². The lowest BCUT2D eigenvalue weighted by atomic mass is 9.81. The molecule has 2 rings (SSSR count). The molecular formula is C14H16BrF3N2O2S. The number of amidine groups is 1. The lowest BCUT2D eigenvalue weighted by Crippen LogP contribution is -2.53. The summed E-state index contributed by atoms with van der Waals surface area (Å²) in [5.74, 6) is -2.67. The van der Waals surface area contributed by atoms with Crippen molar-refractivity contribution >= 4 is 31.6 Å². The topological polar surface area (TPSA) is 72.5 Å². The molecule has 0 spiro atoms. The minimum atomic E-state index is -3.60. The fourth-order valence-electron chi connectivity index (χ4n) is 2.61. The van der Waals surface area contributed by atoms with E-state index in [2.05, 4.69) is 20.9 Å². The van der Waals surface area contributed by atoms with Crippen LogP contribution >= 0.6 is 15.9 Å². The van der Waals surface area contributed by atoms with Crippen LogP contribution in [0.1, 0.15) is 25.3 Å². The molecule has 1 aromatic carbocycles. The van der Waals surface area contributed by atoms with E-state index in [0.717, 1.165) is 12.3 Å². The van der Waals surface area contributed by atoms with E-state index in [9.17, 15) is 21.6 Å². The molecule has 2 atom stereocenters. The van der Waals surface area contributed by atoms with Gasteiger partial charge in [-0.1, -0.05) is 15.9 Å². The summed E-state index contributed by atoms with van der Waals surface area (Å²) < 4.78 is 64.2. The third-order valence-corrected chi connectivity index (χ3v) is 6.93. The highest BCUT2D eigenvalue weighted by molar-refractivity contribution is 9.10. The molecular weight excluding hydrogens is 397 g/mol. The van der Waals surface area contributed by atoms with Crippen LogP contribution in [0.4, 0.5) is 13.2 Å². The minimum absolute atomic E-state index is 0.0430. The van der Waals surface area contributed by atoms with Gasteiger partial charge in [-0.25, -0.2) is 21.6 Å². The van der Waals surface area contributed by atoms with Crippen molar-refractivity contribution in [2.45, 2.75) is 30.1 Å². The van der Waals surface area contributed by atoms with E-state index in [1.165, 1.54) is 13.0 Å². The summed E-state index contributed by atoms with van der Waals surface area (Å²) in [5, 5.41) is 0. The van der Waals surface area contributed by atoms with Crippen LogP contribution in [0.15, 0.2) is 21.6 Å². The molecule has 0 unspecified atom stereocenters. The summed E-state index contributed by atoms with van der Waals surface area (Å²) >= 11 is 3.03. The first kappa shape index (κ1) is 18.3. The zero-order chi connectivity index (χ0) is 17.6. The van der Waals surface area contributed by atoms with Crippen molar-refractivity contribution in [1.82, 2.24) is 0 Å². The van der Waals surface area contributed by atoms with Gasteiger partial charge in [-0.15, -0.1) is 0 Å². The Bertz CT molecular complexity index is 784. The molecule has 0 amide bonds. The second-order valence-corrected chi connectivity index (χ2v) is 9.28. The summed E-state index contributed by atoms with van der Waals surface area (Å²) in [4.78, 5) is 3.98.